The second kappa shape index (κ2) is 12.4. The van der Waals surface area contributed by atoms with Crippen LogP contribution in [0.25, 0.3) is 11.1 Å². The number of nitrogens with one attached hydrogen (secondary N) is 2. The number of amides is 2. The lowest BCUT2D eigenvalue weighted by Crippen LogP contribution is -2.42. The van der Waals surface area contributed by atoms with Gasteiger partial charge in [0.25, 0.3) is 15.7 Å². The molecule has 3 aromatic rings. The summed E-state index contributed by atoms with van der Waals surface area (Å²) in [7, 11) is -4.37. The number of sulfone groups is 1. The van der Waals surface area contributed by atoms with Crippen LogP contribution in [0, 0.1) is 11.7 Å². The zero-order valence-electron chi connectivity index (χ0n) is 22.6. The first-order valence-electron chi connectivity index (χ1n) is 12.9. The molecule has 4 rings (SSSR count). The molecule has 228 valence electrons. The van der Waals surface area contributed by atoms with E-state index in [-0.39, 0.29) is 29.0 Å². The van der Waals surface area contributed by atoms with Crippen LogP contribution in [0.2, 0.25) is 0 Å². The lowest BCUT2D eigenvalue weighted by molar-refractivity contribution is -0.136. The molecule has 0 saturated heterocycles. The average Bonchev–Trinajstić information content (AvgIpc) is 3.40. The van der Waals surface area contributed by atoms with Crippen molar-refractivity contribution in [3.05, 3.63) is 77.6 Å². The van der Waals surface area contributed by atoms with Gasteiger partial charge in [-0.2, -0.15) is 13.2 Å². The van der Waals surface area contributed by atoms with Crippen molar-refractivity contribution >= 4 is 33.3 Å². The highest BCUT2D eigenvalue weighted by Gasteiger charge is 2.47. The Morgan fingerprint density at radius 1 is 1.02 bits per heavy atom. The molecule has 0 spiro atoms. The van der Waals surface area contributed by atoms with E-state index in [2.05, 4.69) is 10.6 Å². The largest absolute Gasteiger partial charge is 0.501 e. The monoisotopic (exact) mass is 622 g/mol. The fraction of sp³-hybridized carbons (Fsp3) is 0.276. The summed E-state index contributed by atoms with van der Waals surface area (Å²) in [6, 6.07) is 11.5. The molecule has 0 aliphatic heterocycles. The Morgan fingerprint density at radius 2 is 1.72 bits per heavy atom. The normalized spacial score (nSPS) is 16.9. The number of alkyl halides is 3. The summed E-state index contributed by atoms with van der Waals surface area (Å²) in [4.78, 5) is 36.3. The second-order valence-electron chi connectivity index (χ2n) is 9.88. The van der Waals surface area contributed by atoms with E-state index in [1.165, 1.54) is 43.5 Å². The number of halogens is 4. The molecule has 14 heteroatoms. The Kier molecular flexibility index (Phi) is 9.09. The highest BCUT2D eigenvalue weighted by molar-refractivity contribution is 7.92. The molecule has 0 heterocycles. The number of ether oxygens (including phenoxy) is 1. The predicted octanol–water partition coefficient (Wildman–Crippen LogP) is 4.96. The number of anilines is 1. The van der Waals surface area contributed by atoms with Gasteiger partial charge in [-0.25, -0.2) is 12.8 Å². The van der Waals surface area contributed by atoms with Crippen LogP contribution in [0.4, 0.5) is 23.2 Å². The highest BCUT2D eigenvalue weighted by atomic mass is 32.2. The van der Waals surface area contributed by atoms with E-state index in [1.54, 1.807) is 0 Å². The SMILES string of the molecule is COc1cc(F)c(-c2ccc(CC(=O)O)cc2)cc1C(=O)N[C@@H]1CCC[C@@H]1C(=O)Nc1cccc(S(=O)(=O)C(F)(F)F)c1. The molecule has 43 heavy (non-hydrogen) atoms. The van der Waals surface area contributed by atoms with Crippen LogP contribution in [0.3, 0.4) is 0 Å². The summed E-state index contributed by atoms with van der Waals surface area (Å²) in [5.74, 6) is -3.86. The Balaban J connectivity index is 1.52. The lowest BCUT2D eigenvalue weighted by Gasteiger charge is -2.22. The molecule has 1 fully saturated rings. The van der Waals surface area contributed by atoms with Crippen LogP contribution in [0.15, 0.2) is 65.6 Å². The number of benzene rings is 3. The molecule has 1 aliphatic rings. The summed E-state index contributed by atoms with van der Waals surface area (Å²) < 4.78 is 82.6. The van der Waals surface area contributed by atoms with Crippen molar-refractivity contribution in [3.8, 4) is 16.9 Å². The number of methoxy groups -OCH3 is 1. The molecule has 2 amide bonds. The Labute approximate surface area is 243 Å². The highest BCUT2D eigenvalue weighted by Crippen LogP contribution is 2.34. The summed E-state index contributed by atoms with van der Waals surface area (Å²) >= 11 is 0. The number of carboxylic acid groups (broad SMARTS) is 1. The molecule has 3 N–H and O–H groups in total. The Morgan fingerprint density at radius 3 is 2.35 bits per heavy atom. The van der Waals surface area contributed by atoms with E-state index in [0.29, 0.717) is 36.5 Å². The van der Waals surface area contributed by atoms with E-state index in [0.717, 1.165) is 18.2 Å². The molecule has 1 saturated carbocycles. The fourth-order valence-corrected chi connectivity index (χ4v) is 5.71. The van der Waals surface area contributed by atoms with Gasteiger partial charge < -0.3 is 20.5 Å². The van der Waals surface area contributed by atoms with Crippen molar-refractivity contribution in [2.45, 2.75) is 42.1 Å². The molecule has 3 aromatic carbocycles. The van der Waals surface area contributed by atoms with Gasteiger partial charge in [-0.3, -0.25) is 14.4 Å². The summed E-state index contributed by atoms with van der Waals surface area (Å²) in [6.45, 7) is 0. The number of hydrogen-bond donors (Lipinski definition) is 3. The molecule has 9 nitrogen and oxygen atoms in total. The summed E-state index contributed by atoms with van der Waals surface area (Å²) in [5, 5.41) is 14.2. The zero-order chi connectivity index (χ0) is 31.5. The van der Waals surface area contributed by atoms with Crippen LogP contribution in [-0.4, -0.2) is 50.0 Å². The topological polar surface area (TPSA) is 139 Å². The second-order valence-corrected chi connectivity index (χ2v) is 11.8. The van der Waals surface area contributed by atoms with Crippen molar-refractivity contribution in [2.75, 3.05) is 12.4 Å². The van der Waals surface area contributed by atoms with Gasteiger partial charge in [0.2, 0.25) is 5.91 Å². The van der Waals surface area contributed by atoms with E-state index in [1.807, 2.05) is 0 Å². The molecule has 0 unspecified atom stereocenters. The Hall–Kier alpha value is -4.46. The van der Waals surface area contributed by atoms with Gasteiger partial charge in [-0.05, 0) is 48.2 Å². The van der Waals surface area contributed by atoms with Gasteiger partial charge in [-0.15, -0.1) is 0 Å². The first-order valence-corrected chi connectivity index (χ1v) is 14.4. The third kappa shape index (κ3) is 6.96. The predicted molar refractivity (Wildman–Crippen MR) is 147 cm³/mol. The van der Waals surface area contributed by atoms with Gasteiger partial charge in [0.1, 0.15) is 11.6 Å². The number of carboxylic acids is 1. The minimum absolute atomic E-state index is 0.0235. The van der Waals surface area contributed by atoms with E-state index >= 15 is 0 Å². The molecule has 1 aliphatic carbocycles. The molecule has 2 atom stereocenters. The maximum absolute atomic E-state index is 15.0. The molecule has 0 aromatic heterocycles. The van der Waals surface area contributed by atoms with E-state index < -0.39 is 55.8 Å². The quantitative estimate of drug-likeness (QED) is 0.287. The maximum atomic E-state index is 15.0. The van der Waals surface area contributed by atoms with Gasteiger partial charge in [0.05, 0.1) is 29.9 Å². The van der Waals surface area contributed by atoms with Gasteiger partial charge in [0.15, 0.2) is 0 Å². The summed E-state index contributed by atoms with van der Waals surface area (Å²) in [6.07, 6.45) is 1.06. The number of aliphatic carboxylic acids is 1. The van der Waals surface area contributed by atoms with Crippen LogP contribution in [-0.2, 0) is 25.8 Å². The minimum atomic E-state index is -5.62. The average molecular weight is 623 g/mol. The standard InChI is InChI=1S/C29H26F4N2O7S/c1-42-25-15-23(30)21(17-10-8-16(9-11-17)12-26(36)37)14-22(25)28(39)35-24-7-3-6-20(24)27(38)34-18-4-2-5-19(13-18)43(40,41)29(31,32)33/h2,4-5,8-11,13-15,20,24H,3,6-7,12H2,1H3,(H,34,38)(H,35,39)(H,36,37)/t20-,24+/m0/s1. The smallest absolute Gasteiger partial charge is 0.496 e. The first kappa shape index (κ1) is 31.5. The first-order chi connectivity index (χ1) is 20.2. The van der Waals surface area contributed by atoms with Crippen LogP contribution in [0.1, 0.15) is 35.2 Å². The molecule has 0 bridgehead atoms. The number of carbonyl (C=O) groups excluding carboxylic acids is 2. The van der Waals surface area contributed by atoms with Crippen molar-refractivity contribution in [1.29, 1.82) is 0 Å². The fourth-order valence-electron chi connectivity index (χ4n) is 4.90. The van der Waals surface area contributed by atoms with Crippen molar-refractivity contribution in [2.24, 2.45) is 5.92 Å². The van der Waals surface area contributed by atoms with Gasteiger partial charge >= 0.3 is 11.5 Å². The van der Waals surface area contributed by atoms with Crippen LogP contribution in [0.5, 0.6) is 5.75 Å². The van der Waals surface area contributed by atoms with Gasteiger partial charge in [-0.1, -0.05) is 36.8 Å². The van der Waals surface area contributed by atoms with E-state index in [4.69, 9.17) is 9.84 Å². The summed E-state index contributed by atoms with van der Waals surface area (Å²) in [5.41, 5.74) is -4.75. The van der Waals surface area contributed by atoms with Crippen molar-refractivity contribution < 1.29 is 50.2 Å². The zero-order valence-corrected chi connectivity index (χ0v) is 23.4. The van der Waals surface area contributed by atoms with Gasteiger partial charge in [0, 0.05) is 23.4 Å². The van der Waals surface area contributed by atoms with Crippen molar-refractivity contribution in [3.63, 3.8) is 0 Å². The molecular weight excluding hydrogens is 596 g/mol. The third-order valence-electron chi connectivity index (χ3n) is 7.04. The number of hydrogen-bond acceptors (Lipinski definition) is 6. The van der Waals surface area contributed by atoms with E-state index in [9.17, 15) is 40.4 Å². The van der Waals surface area contributed by atoms with Crippen LogP contribution >= 0.6 is 0 Å². The third-order valence-corrected chi connectivity index (χ3v) is 8.52. The Bertz CT molecular complexity index is 1660. The molecule has 0 radical (unpaired) electrons. The number of rotatable bonds is 9. The minimum Gasteiger partial charge on any atom is -0.496 e. The van der Waals surface area contributed by atoms with Crippen LogP contribution < -0.4 is 15.4 Å². The molecular formula is C29H26F4N2O7S. The van der Waals surface area contributed by atoms with Crippen molar-refractivity contribution in [1.82, 2.24) is 5.32 Å². The lowest BCUT2D eigenvalue weighted by atomic mass is 9.98. The number of carbonyl (C=O) groups is 3. The maximum Gasteiger partial charge on any atom is 0.501 e.